The lowest BCUT2D eigenvalue weighted by Crippen LogP contribution is -2.26. The van der Waals surface area contributed by atoms with Crippen LogP contribution < -0.4 is 5.43 Å². The lowest BCUT2D eigenvalue weighted by atomic mass is 9.91. The van der Waals surface area contributed by atoms with E-state index in [4.69, 9.17) is 4.74 Å². The number of amides is 1. The largest absolute Gasteiger partial charge is 0.465 e. The third-order valence-electron chi connectivity index (χ3n) is 5.93. The molecule has 0 aliphatic carbocycles. The Labute approximate surface area is 204 Å². The quantitative estimate of drug-likeness (QED) is 0.233. The fourth-order valence-electron chi connectivity index (χ4n) is 4.26. The Morgan fingerprint density at radius 1 is 0.886 bits per heavy atom. The second-order valence-corrected chi connectivity index (χ2v) is 8.16. The van der Waals surface area contributed by atoms with E-state index in [0.717, 1.165) is 33.8 Å². The molecule has 6 heteroatoms. The van der Waals surface area contributed by atoms with Gasteiger partial charge in [-0.05, 0) is 43.2 Å². The number of aromatic nitrogens is 1. The summed E-state index contributed by atoms with van der Waals surface area (Å²) in [6.07, 6.45) is 1.63. The van der Waals surface area contributed by atoms with Crippen molar-refractivity contribution in [3.63, 3.8) is 0 Å². The number of hydrogen-bond acceptors (Lipinski definition) is 4. The van der Waals surface area contributed by atoms with E-state index in [9.17, 15) is 9.59 Å². The molecule has 0 aliphatic rings. The smallest absolute Gasteiger partial charge is 0.339 e. The van der Waals surface area contributed by atoms with Crippen LogP contribution in [0.25, 0.3) is 5.69 Å². The molecule has 0 saturated heterocycles. The number of hydrogen-bond donors (Lipinski definition) is 1. The van der Waals surface area contributed by atoms with Crippen LogP contribution >= 0.6 is 0 Å². The number of benzene rings is 3. The summed E-state index contributed by atoms with van der Waals surface area (Å²) in [5, 5.41) is 4.27. The number of carbonyl (C=O) groups excluding carboxylic acids is 2. The molecule has 0 aliphatic heterocycles. The van der Waals surface area contributed by atoms with Crippen molar-refractivity contribution in [2.75, 3.05) is 7.11 Å². The van der Waals surface area contributed by atoms with Crippen molar-refractivity contribution in [3.8, 4) is 5.69 Å². The highest BCUT2D eigenvalue weighted by atomic mass is 16.5. The van der Waals surface area contributed by atoms with Gasteiger partial charge in [-0.15, -0.1) is 0 Å². The molecule has 0 saturated carbocycles. The molecular weight excluding hydrogens is 438 g/mol. The Balaban J connectivity index is 1.60. The molecule has 1 aromatic heterocycles. The summed E-state index contributed by atoms with van der Waals surface area (Å²) in [6, 6.07) is 28.5. The molecule has 35 heavy (non-hydrogen) atoms. The molecule has 0 unspecified atom stereocenters. The van der Waals surface area contributed by atoms with Gasteiger partial charge in [0.25, 0.3) is 5.91 Å². The molecular formula is C29H27N3O3. The van der Waals surface area contributed by atoms with Gasteiger partial charge in [0.1, 0.15) is 0 Å². The van der Waals surface area contributed by atoms with Crippen molar-refractivity contribution in [2.45, 2.75) is 19.8 Å². The first-order valence-electron chi connectivity index (χ1n) is 11.3. The summed E-state index contributed by atoms with van der Waals surface area (Å²) in [4.78, 5) is 25.5. The Morgan fingerprint density at radius 2 is 1.46 bits per heavy atom. The fraction of sp³-hybridized carbons (Fsp3) is 0.138. The summed E-state index contributed by atoms with van der Waals surface area (Å²) in [6.45, 7) is 3.90. The zero-order chi connectivity index (χ0) is 24.8. The maximum atomic E-state index is 13.2. The van der Waals surface area contributed by atoms with Crippen LogP contribution in [0.4, 0.5) is 0 Å². The number of para-hydroxylation sites is 1. The number of nitrogens with one attached hydrogen (secondary N) is 1. The predicted octanol–water partition coefficient (Wildman–Crippen LogP) is 5.16. The molecule has 176 valence electrons. The van der Waals surface area contributed by atoms with Gasteiger partial charge in [0, 0.05) is 17.0 Å². The van der Waals surface area contributed by atoms with Crippen molar-refractivity contribution >= 4 is 18.1 Å². The van der Waals surface area contributed by atoms with Gasteiger partial charge < -0.3 is 9.30 Å². The van der Waals surface area contributed by atoms with Gasteiger partial charge in [0.15, 0.2) is 0 Å². The lowest BCUT2D eigenvalue weighted by molar-refractivity contribution is -0.121. The molecule has 3 aromatic carbocycles. The highest BCUT2D eigenvalue weighted by molar-refractivity contribution is 5.94. The molecule has 1 amide bonds. The molecule has 1 heterocycles. The zero-order valence-electron chi connectivity index (χ0n) is 19.9. The zero-order valence-corrected chi connectivity index (χ0v) is 19.9. The van der Waals surface area contributed by atoms with Crippen molar-refractivity contribution in [3.05, 3.63) is 125 Å². The minimum Gasteiger partial charge on any atom is -0.465 e. The van der Waals surface area contributed by atoms with E-state index in [-0.39, 0.29) is 5.91 Å². The average molecular weight is 466 g/mol. The van der Waals surface area contributed by atoms with Gasteiger partial charge in [-0.25, -0.2) is 10.2 Å². The Hall–Kier alpha value is -4.45. The van der Waals surface area contributed by atoms with Gasteiger partial charge in [0.2, 0.25) is 0 Å². The van der Waals surface area contributed by atoms with Gasteiger partial charge in [-0.2, -0.15) is 5.10 Å². The normalized spacial score (nSPS) is 11.1. The first-order chi connectivity index (χ1) is 17.0. The number of hydrazone groups is 1. The molecule has 4 aromatic rings. The van der Waals surface area contributed by atoms with Crippen LogP contribution in [0.3, 0.4) is 0 Å². The van der Waals surface area contributed by atoms with E-state index in [2.05, 4.69) is 10.5 Å². The first kappa shape index (κ1) is 23.7. The molecule has 0 atom stereocenters. The number of ether oxygens (including phenoxy) is 1. The number of methoxy groups -OCH3 is 1. The summed E-state index contributed by atoms with van der Waals surface area (Å²) in [5.41, 5.74) is 8.35. The second-order valence-electron chi connectivity index (χ2n) is 8.16. The topological polar surface area (TPSA) is 72.7 Å². The second kappa shape index (κ2) is 10.7. The summed E-state index contributed by atoms with van der Waals surface area (Å²) >= 11 is 0. The van der Waals surface area contributed by atoms with Gasteiger partial charge >= 0.3 is 5.97 Å². The van der Waals surface area contributed by atoms with Crippen LogP contribution in [-0.2, 0) is 9.53 Å². The molecule has 6 nitrogen and oxygen atoms in total. The number of aryl methyl sites for hydroxylation is 1. The Morgan fingerprint density at radius 3 is 2.06 bits per heavy atom. The van der Waals surface area contributed by atoms with Crippen LogP contribution in [0.1, 0.15) is 44.4 Å². The molecule has 0 bridgehead atoms. The maximum Gasteiger partial charge on any atom is 0.339 e. The van der Waals surface area contributed by atoms with Crippen molar-refractivity contribution in [1.82, 2.24) is 9.99 Å². The van der Waals surface area contributed by atoms with Crippen molar-refractivity contribution < 1.29 is 14.3 Å². The molecule has 4 rings (SSSR count). The van der Waals surface area contributed by atoms with Crippen molar-refractivity contribution in [2.24, 2.45) is 5.10 Å². The van der Waals surface area contributed by atoms with Gasteiger partial charge in [-0.1, -0.05) is 72.8 Å². The van der Waals surface area contributed by atoms with E-state index in [0.29, 0.717) is 5.56 Å². The van der Waals surface area contributed by atoms with E-state index < -0.39 is 11.9 Å². The maximum absolute atomic E-state index is 13.2. The van der Waals surface area contributed by atoms with E-state index in [1.54, 1.807) is 18.3 Å². The summed E-state index contributed by atoms with van der Waals surface area (Å²) in [7, 11) is 1.37. The third-order valence-corrected chi connectivity index (χ3v) is 5.93. The SMILES string of the molecule is COC(=O)c1ccccc1-n1c(C)cc(/C=N\NC(=O)C(c2ccccc2)c2ccccc2)c1C. The fourth-order valence-corrected chi connectivity index (χ4v) is 4.26. The third kappa shape index (κ3) is 5.06. The highest BCUT2D eigenvalue weighted by Crippen LogP contribution is 2.25. The van der Waals surface area contributed by atoms with Crippen LogP contribution in [0.15, 0.2) is 96.1 Å². The molecule has 1 N–H and O–H groups in total. The number of rotatable bonds is 7. The lowest BCUT2D eigenvalue weighted by Gasteiger charge is -2.16. The minimum absolute atomic E-state index is 0.219. The van der Waals surface area contributed by atoms with Crippen LogP contribution in [-0.4, -0.2) is 29.8 Å². The van der Waals surface area contributed by atoms with Gasteiger partial charge in [0.05, 0.1) is 30.5 Å². The molecule has 0 fully saturated rings. The number of esters is 1. The predicted molar refractivity (Wildman–Crippen MR) is 137 cm³/mol. The van der Waals surface area contributed by atoms with E-state index in [1.807, 2.05) is 97.3 Å². The highest BCUT2D eigenvalue weighted by Gasteiger charge is 2.22. The van der Waals surface area contributed by atoms with Crippen LogP contribution in [0, 0.1) is 13.8 Å². The monoisotopic (exact) mass is 465 g/mol. The minimum atomic E-state index is -0.478. The number of nitrogens with zero attached hydrogens (tertiary/aromatic N) is 2. The number of carbonyl (C=O) groups is 2. The van der Waals surface area contributed by atoms with Gasteiger partial charge in [-0.3, -0.25) is 4.79 Å². The average Bonchev–Trinajstić information content (AvgIpc) is 3.17. The van der Waals surface area contributed by atoms with E-state index in [1.165, 1.54) is 7.11 Å². The van der Waals surface area contributed by atoms with Crippen LogP contribution in [0.5, 0.6) is 0 Å². The summed E-state index contributed by atoms with van der Waals surface area (Å²) < 4.78 is 6.92. The molecule has 0 radical (unpaired) electrons. The molecule has 0 spiro atoms. The van der Waals surface area contributed by atoms with Crippen molar-refractivity contribution in [1.29, 1.82) is 0 Å². The Kier molecular flexibility index (Phi) is 7.21. The standard InChI is InChI=1S/C29H27N3O3/c1-20-18-24(21(2)32(20)26-17-11-10-16-25(26)29(34)35-3)19-30-31-28(33)27(22-12-6-4-7-13-22)23-14-8-5-9-15-23/h4-19,27H,1-3H3,(H,31,33)/b30-19-. The van der Waals surface area contributed by atoms with Crippen LogP contribution in [0.2, 0.25) is 0 Å². The summed E-state index contributed by atoms with van der Waals surface area (Å²) in [5.74, 6) is -1.10. The van der Waals surface area contributed by atoms with E-state index >= 15 is 0 Å². The first-order valence-corrected chi connectivity index (χ1v) is 11.3. The Bertz CT molecular complexity index is 1320.